The van der Waals surface area contributed by atoms with Crippen LogP contribution >= 0.6 is 23.4 Å². The zero-order valence-corrected chi connectivity index (χ0v) is 20.5. The molecule has 0 saturated carbocycles. The van der Waals surface area contributed by atoms with Gasteiger partial charge in [-0.05, 0) is 56.0 Å². The first-order valence-corrected chi connectivity index (χ1v) is 12.1. The molecule has 0 radical (unpaired) electrons. The number of carbonyl (C=O) groups excluding carboxylic acids is 1. The molecule has 0 atom stereocenters. The molecule has 0 spiro atoms. The molecule has 2 aromatic carbocycles. The van der Waals surface area contributed by atoms with Crippen LogP contribution in [0, 0.1) is 13.8 Å². The molecule has 1 amide bonds. The van der Waals surface area contributed by atoms with Crippen LogP contribution in [0.2, 0.25) is 5.02 Å². The van der Waals surface area contributed by atoms with Crippen molar-refractivity contribution in [2.24, 2.45) is 0 Å². The van der Waals surface area contributed by atoms with Gasteiger partial charge in [0.1, 0.15) is 12.4 Å². The van der Waals surface area contributed by atoms with E-state index in [1.807, 2.05) is 50.2 Å². The SMILES string of the molecule is CCC(CC)n1c(COc2ccccc2Cl)nnc1SCC(=O)Nc1cccc(C)c1C. The van der Waals surface area contributed by atoms with E-state index in [1.165, 1.54) is 11.8 Å². The molecule has 0 aliphatic rings. The number of para-hydroxylation sites is 1. The van der Waals surface area contributed by atoms with E-state index in [2.05, 4.69) is 33.9 Å². The highest BCUT2D eigenvalue weighted by molar-refractivity contribution is 7.99. The second-order valence-electron chi connectivity index (χ2n) is 7.54. The van der Waals surface area contributed by atoms with Crippen LogP contribution in [0.15, 0.2) is 47.6 Å². The number of aromatic nitrogens is 3. The minimum Gasteiger partial charge on any atom is -0.484 e. The number of thioether (sulfide) groups is 1. The van der Waals surface area contributed by atoms with E-state index in [0.717, 1.165) is 35.5 Å². The summed E-state index contributed by atoms with van der Waals surface area (Å²) in [6, 6.07) is 13.5. The summed E-state index contributed by atoms with van der Waals surface area (Å²) in [5.74, 6) is 1.50. The number of nitrogens with zero attached hydrogens (tertiary/aromatic N) is 3. The Bertz CT molecular complexity index is 1070. The molecule has 0 aliphatic heterocycles. The van der Waals surface area contributed by atoms with Crippen molar-refractivity contribution in [1.29, 1.82) is 0 Å². The number of hydrogen-bond acceptors (Lipinski definition) is 5. The molecule has 170 valence electrons. The minimum atomic E-state index is -0.0725. The highest BCUT2D eigenvalue weighted by Crippen LogP contribution is 2.28. The molecule has 3 rings (SSSR count). The topological polar surface area (TPSA) is 69.0 Å². The Labute approximate surface area is 198 Å². The minimum absolute atomic E-state index is 0.0725. The zero-order chi connectivity index (χ0) is 23.1. The van der Waals surface area contributed by atoms with E-state index in [1.54, 1.807) is 6.07 Å². The van der Waals surface area contributed by atoms with Crippen LogP contribution in [-0.2, 0) is 11.4 Å². The van der Waals surface area contributed by atoms with Crippen molar-refractivity contribution >= 4 is 35.0 Å². The molecule has 0 saturated heterocycles. The van der Waals surface area contributed by atoms with E-state index in [9.17, 15) is 4.79 Å². The molecule has 8 heteroatoms. The van der Waals surface area contributed by atoms with E-state index in [0.29, 0.717) is 15.9 Å². The highest BCUT2D eigenvalue weighted by Gasteiger charge is 2.20. The Balaban J connectivity index is 1.72. The highest BCUT2D eigenvalue weighted by atomic mass is 35.5. The Morgan fingerprint density at radius 2 is 1.88 bits per heavy atom. The Kier molecular flexibility index (Phi) is 8.59. The van der Waals surface area contributed by atoms with Crippen molar-refractivity contribution in [3.8, 4) is 5.75 Å². The number of benzene rings is 2. The lowest BCUT2D eigenvalue weighted by Crippen LogP contribution is -2.17. The van der Waals surface area contributed by atoms with Gasteiger partial charge in [-0.15, -0.1) is 10.2 Å². The predicted octanol–water partition coefficient (Wildman–Crippen LogP) is 6.22. The molecular weight excluding hydrogens is 444 g/mol. The van der Waals surface area contributed by atoms with Crippen molar-refractivity contribution in [2.75, 3.05) is 11.1 Å². The van der Waals surface area contributed by atoms with E-state index >= 15 is 0 Å². The van der Waals surface area contributed by atoms with Gasteiger partial charge in [-0.25, -0.2) is 0 Å². The van der Waals surface area contributed by atoms with Gasteiger partial charge >= 0.3 is 0 Å². The molecule has 3 aromatic rings. The van der Waals surface area contributed by atoms with Crippen LogP contribution in [0.4, 0.5) is 5.69 Å². The summed E-state index contributed by atoms with van der Waals surface area (Å²) in [7, 11) is 0. The van der Waals surface area contributed by atoms with E-state index in [4.69, 9.17) is 16.3 Å². The van der Waals surface area contributed by atoms with Gasteiger partial charge in [0.15, 0.2) is 11.0 Å². The Hall–Kier alpha value is -2.51. The standard InChI is InChI=1S/C24H29ClN4O2S/c1-5-18(6-2)29-22(14-31-21-13-8-7-11-19(21)25)27-28-24(29)32-15-23(30)26-20-12-9-10-16(3)17(20)4/h7-13,18H,5-6,14-15H2,1-4H3,(H,26,30). The van der Waals surface area contributed by atoms with Crippen molar-refractivity contribution in [2.45, 2.75) is 58.3 Å². The molecule has 1 aromatic heterocycles. The predicted molar refractivity (Wildman–Crippen MR) is 131 cm³/mol. The average molecular weight is 473 g/mol. The lowest BCUT2D eigenvalue weighted by atomic mass is 10.1. The van der Waals surface area contributed by atoms with Crippen LogP contribution in [-0.4, -0.2) is 26.4 Å². The monoisotopic (exact) mass is 472 g/mol. The number of aryl methyl sites for hydroxylation is 1. The summed E-state index contributed by atoms with van der Waals surface area (Å²) in [5, 5.41) is 13.0. The van der Waals surface area contributed by atoms with Gasteiger partial charge in [0.25, 0.3) is 0 Å². The largest absolute Gasteiger partial charge is 0.484 e. The maximum Gasteiger partial charge on any atom is 0.234 e. The van der Waals surface area contributed by atoms with Gasteiger partial charge in [0, 0.05) is 11.7 Å². The summed E-state index contributed by atoms with van der Waals surface area (Å²) >= 11 is 7.59. The first kappa shape index (κ1) is 24.1. The first-order chi connectivity index (χ1) is 15.4. The van der Waals surface area contributed by atoms with E-state index < -0.39 is 0 Å². The molecule has 0 aliphatic carbocycles. The molecule has 0 bridgehead atoms. The molecule has 0 fully saturated rings. The van der Waals surface area contributed by atoms with Gasteiger partial charge in [-0.1, -0.05) is 61.5 Å². The lowest BCUT2D eigenvalue weighted by molar-refractivity contribution is -0.113. The number of amides is 1. The molecule has 32 heavy (non-hydrogen) atoms. The molecule has 1 heterocycles. The molecule has 0 unspecified atom stereocenters. The number of hydrogen-bond donors (Lipinski definition) is 1. The average Bonchev–Trinajstić information content (AvgIpc) is 3.18. The number of halogens is 1. The maximum absolute atomic E-state index is 12.6. The van der Waals surface area contributed by atoms with Gasteiger partial charge in [-0.2, -0.15) is 0 Å². The number of anilines is 1. The Morgan fingerprint density at radius 1 is 1.12 bits per heavy atom. The summed E-state index contributed by atoms with van der Waals surface area (Å²) in [4.78, 5) is 12.6. The third-order valence-corrected chi connectivity index (χ3v) is 6.70. The summed E-state index contributed by atoms with van der Waals surface area (Å²) in [6.07, 6.45) is 1.85. The number of rotatable bonds is 10. The van der Waals surface area contributed by atoms with Gasteiger partial charge in [0.2, 0.25) is 5.91 Å². The normalized spacial score (nSPS) is 11.1. The summed E-state index contributed by atoms with van der Waals surface area (Å²) < 4.78 is 7.99. The lowest BCUT2D eigenvalue weighted by Gasteiger charge is -2.19. The number of nitrogens with one attached hydrogen (secondary N) is 1. The van der Waals surface area contributed by atoms with Crippen LogP contribution in [0.1, 0.15) is 49.7 Å². The molecule has 1 N–H and O–H groups in total. The number of ether oxygens (including phenoxy) is 1. The van der Waals surface area contributed by atoms with Crippen molar-refractivity contribution in [1.82, 2.24) is 14.8 Å². The summed E-state index contributed by atoms with van der Waals surface area (Å²) in [6.45, 7) is 8.56. The van der Waals surface area contributed by atoms with Gasteiger partial charge in [0.05, 0.1) is 10.8 Å². The second-order valence-corrected chi connectivity index (χ2v) is 8.89. The Morgan fingerprint density at radius 3 is 2.59 bits per heavy atom. The fourth-order valence-corrected chi connectivity index (χ4v) is 4.45. The van der Waals surface area contributed by atoms with Gasteiger partial charge in [-0.3, -0.25) is 4.79 Å². The zero-order valence-electron chi connectivity index (χ0n) is 18.9. The first-order valence-electron chi connectivity index (χ1n) is 10.7. The molecule has 6 nitrogen and oxygen atoms in total. The fourth-order valence-electron chi connectivity index (χ4n) is 3.43. The second kappa shape index (κ2) is 11.4. The van der Waals surface area contributed by atoms with Crippen LogP contribution < -0.4 is 10.1 Å². The van der Waals surface area contributed by atoms with E-state index in [-0.39, 0.29) is 24.3 Å². The maximum atomic E-state index is 12.6. The van der Waals surface area contributed by atoms with Crippen LogP contribution in [0.5, 0.6) is 5.75 Å². The van der Waals surface area contributed by atoms with Crippen LogP contribution in [0.3, 0.4) is 0 Å². The third-order valence-electron chi connectivity index (χ3n) is 5.45. The quantitative estimate of drug-likeness (QED) is 0.355. The van der Waals surface area contributed by atoms with Crippen LogP contribution in [0.25, 0.3) is 0 Å². The third kappa shape index (κ3) is 5.84. The smallest absolute Gasteiger partial charge is 0.234 e. The van der Waals surface area contributed by atoms with Crippen molar-refractivity contribution in [3.63, 3.8) is 0 Å². The van der Waals surface area contributed by atoms with Crippen molar-refractivity contribution in [3.05, 3.63) is 64.4 Å². The van der Waals surface area contributed by atoms with Crippen molar-refractivity contribution < 1.29 is 9.53 Å². The fraction of sp³-hybridized carbons (Fsp3) is 0.375. The summed E-state index contributed by atoms with van der Waals surface area (Å²) in [5.41, 5.74) is 3.06. The van der Waals surface area contributed by atoms with Gasteiger partial charge < -0.3 is 14.6 Å². The number of carbonyl (C=O) groups is 1. The molecular formula is C24H29ClN4O2S.